The van der Waals surface area contributed by atoms with Gasteiger partial charge in [-0.25, -0.2) is 0 Å². The van der Waals surface area contributed by atoms with E-state index in [-0.39, 0.29) is 10.8 Å². The normalized spacial score (nSPS) is 12.5. The Labute approximate surface area is 143 Å². The number of rotatable bonds is 4. The fourth-order valence-corrected chi connectivity index (χ4v) is 3.47. The van der Waals surface area contributed by atoms with Crippen LogP contribution in [0.25, 0.3) is 0 Å². The SMILES string of the molecule is CCc1cc(C(C)(C)C)cc(C(C)(C)c2ccccc2)c1CC. The summed E-state index contributed by atoms with van der Waals surface area (Å²) in [6.07, 6.45) is 2.20. The summed E-state index contributed by atoms with van der Waals surface area (Å²) in [7, 11) is 0. The Kier molecular flexibility index (Phi) is 5.04. The van der Waals surface area contributed by atoms with Crippen molar-refractivity contribution in [1.29, 1.82) is 0 Å². The number of aryl methyl sites for hydroxylation is 1. The first-order chi connectivity index (χ1) is 10.7. The van der Waals surface area contributed by atoms with E-state index in [1.807, 2.05) is 0 Å². The van der Waals surface area contributed by atoms with Gasteiger partial charge in [-0.2, -0.15) is 0 Å². The van der Waals surface area contributed by atoms with E-state index < -0.39 is 0 Å². The molecule has 0 aliphatic carbocycles. The second kappa shape index (κ2) is 6.51. The molecular weight excluding hydrogens is 276 g/mol. The summed E-state index contributed by atoms with van der Waals surface area (Å²) in [5.41, 5.74) is 7.59. The van der Waals surface area contributed by atoms with Gasteiger partial charge in [0, 0.05) is 5.41 Å². The first kappa shape index (κ1) is 17.8. The summed E-state index contributed by atoms with van der Waals surface area (Å²) in [4.78, 5) is 0. The van der Waals surface area contributed by atoms with Gasteiger partial charge in [-0.1, -0.05) is 90.9 Å². The highest BCUT2D eigenvalue weighted by atomic mass is 14.3. The molecule has 0 amide bonds. The maximum Gasteiger partial charge on any atom is 0.0149 e. The standard InChI is InChI=1S/C23H32/c1-8-17-15-19(22(3,4)5)16-21(20(17)9-2)23(6,7)18-13-11-10-12-14-18/h10-16H,8-9H2,1-7H3. The minimum atomic E-state index is 0.0256. The molecule has 0 aliphatic heterocycles. The van der Waals surface area contributed by atoms with Crippen LogP contribution < -0.4 is 0 Å². The zero-order valence-electron chi connectivity index (χ0n) is 16.0. The van der Waals surface area contributed by atoms with Crippen molar-refractivity contribution >= 4 is 0 Å². The van der Waals surface area contributed by atoms with Gasteiger partial charge in [0.2, 0.25) is 0 Å². The largest absolute Gasteiger partial charge is 0.0622 e. The predicted octanol–water partition coefficient (Wildman–Crippen LogP) is 6.43. The van der Waals surface area contributed by atoms with Crippen LogP contribution in [0.2, 0.25) is 0 Å². The van der Waals surface area contributed by atoms with Crippen molar-refractivity contribution in [3.8, 4) is 0 Å². The van der Waals surface area contributed by atoms with Gasteiger partial charge in [-0.05, 0) is 46.1 Å². The van der Waals surface area contributed by atoms with E-state index >= 15 is 0 Å². The summed E-state index contributed by atoms with van der Waals surface area (Å²) < 4.78 is 0. The zero-order valence-corrected chi connectivity index (χ0v) is 16.0. The van der Waals surface area contributed by atoms with Gasteiger partial charge >= 0.3 is 0 Å². The molecule has 0 saturated carbocycles. The lowest BCUT2D eigenvalue weighted by atomic mass is 9.72. The maximum atomic E-state index is 2.46. The van der Waals surface area contributed by atoms with E-state index in [4.69, 9.17) is 0 Å². The van der Waals surface area contributed by atoms with E-state index in [0.29, 0.717) is 0 Å². The fourth-order valence-electron chi connectivity index (χ4n) is 3.47. The van der Waals surface area contributed by atoms with Crippen LogP contribution in [0.15, 0.2) is 42.5 Å². The third kappa shape index (κ3) is 3.52. The van der Waals surface area contributed by atoms with Crippen LogP contribution in [0.5, 0.6) is 0 Å². The van der Waals surface area contributed by atoms with Crippen LogP contribution in [0.3, 0.4) is 0 Å². The van der Waals surface area contributed by atoms with Crippen LogP contribution in [0.4, 0.5) is 0 Å². The highest BCUT2D eigenvalue weighted by molar-refractivity contribution is 5.49. The molecule has 124 valence electrons. The smallest absolute Gasteiger partial charge is 0.0149 e. The molecule has 2 aromatic rings. The molecule has 0 atom stereocenters. The van der Waals surface area contributed by atoms with E-state index in [1.54, 1.807) is 0 Å². The molecule has 23 heavy (non-hydrogen) atoms. The number of hydrogen-bond donors (Lipinski definition) is 0. The highest BCUT2D eigenvalue weighted by Gasteiger charge is 2.28. The van der Waals surface area contributed by atoms with Crippen LogP contribution >= 0.6 is 0 Å². The van der Waals surface area contributed by atoms with Gasteiger partial charge in [-0.15, -0.1) is 0 Å². The molecule has 0 bridgehead atoms. The topological polar surface area (TPSA) is 0 Å². The molecule has 0 N–H and O–H groups in total. The van der Waals surface area contributed by atoms with Crippen LogP contribution in [0.1, 0.15) is 76.3 Å². The minimum absolute atomic E-state index is 0.0256. The third-order valence-corrected chi connectivity index (χ3v) is 5.11. The number of hydrogen-bond acceptors (Lipinski definition) is 0. The summed E-state index contributed by atoms with van der Waals surface area (Å²) >= 11 is 0. The molecule has 0 nitrogen and oxygen atoms in total. The lowest BCUT2D eigenvalue weighted by molar-refractivity contribution is 0.578. The highest BCUT2D eigenvalue weighted by Crippen LogP contribution is 2.38. The van der Waals surface area contributed by atoms with Gasteiger partial charge in [0.05, 0.1) is 0 Å². The van der Waals surface area contributed by atoms with Crippen LogP contribution in [0, 0.1) is 0 Å². The van der Waals surface area contributed by atoms with E-state index in [1.165, 1.54) is 27.8 Å². The van der Waals surface area contributed by atoms with Gasteiger partial charge < -0.3 is 0 Å². The molecule has 0 fully saturated rings. The van der Waals surface area contributed by atoms with Crippen molar-refractivity contribution in [3.63, 3.8) is 0 Å². The summed E-state index contributed by atoms with van der Waals surface area (Å²) in [6, 6.07) is 15.8. The molecule has 0 heteroatoms. The fraction of sp³-hybridized carbons (Fsp3) is 0.478. The van der Waals surface area contributed by atoms with Crippen molar-refractivity contribution < 1.29 is 0 Å². The Hall–Kier alpha value is -1.56. The maximum absolute atomic E-state index is 2.46. The minimum Gasteiger partial charge on any atom is -0.0622 e. The molecule has 0 spiro atoms. The molecule has 2 rings (SSSR count). The molecule has 0 aromatic heterocycles. The molecular formula is C23H32. The lowest BCUT2D eigenvalue weighted by Crippen LogP contribution is -2.24. The van der Waals surface area contributed by atoms with Crippen molar-refractivity contribution in [1.82, 2.24) is 0 Å². The monoisotopic (exact) mass is 308 g/mol. The van der Waals surface area contributed by atoms with Gasteiger partial charge in [-0.3, -0.25) is 0 Å². The molecule has 0 radical (unpaired) electrons. The molecule has 0 aliphatic rings. The Morgan fingerprint density at radius 3 is 1.83 bits per heavy atom. The Morgan fingerprint density at radius 1 is 0.739 bits per heavy atom. The van der Waals surface area contributed by atoms with Crippen molar-refractivity contribution in [2.75, 3.05) is 0 Å². The number of benzene rings is 2. The summed E-state index contributed by atoms with van der Waals surface area (Å²) in [6.45, 7) is 16.2. The average Bonchev–Trinajstić information content (AvgIpc) is 2.53. The summed E-state index contributed by atoms with van der Waals surface area (Å²) in [5, 5.41) is 0. The second-order valence-electron chi connectivity index (χ2n) is 8.11. The van der Waals surface area contributed by atoms with E-state index in [0.717, 1.165) is 12.8 Å². The lowest BCUT2D eigenvalue weighted by Gasteiger charge is -2.32. The molecule has 0 unspecified atom stereocenters. The van der Waals surface area contributed by atoms with Crippen molar-refractivity contribution in [2.24, 2.45) is 0 Å². The Bertz CT molecular complexity index is 654. The Balaban J connectivity index is 2.73. The van der Waals surface area contributed by atoms with Crippen LogP contribution in [-0.4, -0.2) is 0 Å². The molecule has 2 aromatic carbocycles. The van der Waals surface area contributed by atoms with E-state index in [2.05, 4.69) is 90.9 Å². The molecule has 0 heterocycles. The van der Waals surface area contributed by atoms with Gasteiger partial charge in [0.1, 0.15) is 0 Å². The first-order valence-electron chi connectivity index (χ1n) is 8.94. The quantitative estimate of drug-likeness (QED) is 0.610. The predicted molar refractivity (Wildman–Crippen MR) is 102 cm³/mol. The van der Waals surface area contributed by atoms with Gasteiger partial charge in [0.15, 0.2) is 0 Å². The average molecular weight is 309 g/mol. The van der Waals surface area contributed by atoms with Gasteiger partial charge in [0.25, 0.3) is 0 Å². The first-order valence-corrected chi connectivity index (χ1v) is 8.94. The zero-order chi connectivity index (χ0) is 17.3. The van der Waals surface area contributed by atoms with Crippen molar-refractivity contribution in [2.45, 2.75) is 72.1 Å². The second-order valence-corrected chi connectivity index (χ2v) is 8.11. The van der Waals surface area contributed by atoms with E-state index in [9.17, 15) is 0 Å². The Morgan fingerprint density at radius 2 is 1.35 bits per heavy atom. The molecule has 0 saturated heterocycles. The summed E-state index contributed by atoms with van der Waals surface area (Å²) in [5.74, 6) is 0. The third-order valence-electron chi connectivity index (χ3n) is 5.11. The van der Waals surface area contributed by atoms with Crippen LogP contribution in [-0.2, 0) is 23.7 Å². The van der Waals surface area contributed by atoms with Crippen molar-refractivity contribution in [3.05, 3.63) is 70.3 Å².